The number of Topliss-reactive ketones (excluding diaryl/α,β-unsaturated/α-hetero) is 1. The number of carbonyl (C=O) groups is 1. The van der Waals surface area contributed by atoms with E-state index in [2.05, 4.69) is 28.9 Å². The molecule has 0 spiro atoms. The molecular weight excluding hydrogens is 266 g/mol. The summed E-state index contributed by atoms with van der Waals surface area (Å²) in [6.07, 6.45) is 1.21. The molecule has 1 aromatic carbocycles. The van der Waals surface area contributed by atoms with Crippen molar-refractivity contribution in [3.63, 3.8) is 0 Å². The van der Waals surface area contributed by atoms with Gasteiger partial charge in [-0.25, -0.2) is 0 Å². The molecule has 0 aliphatic rings. The lowest BCUT2D eigenvalue weighted by atomic mass is 9.94. The summed E-state index contributed by atoms with van der Waals surface area (Å²) < 4.78 is 0. The highest BCUT2D eigenvalue weighted by molar-refractivity contribution is 9.09. The summed E-state index contributed by atoms with van der Waals surface area (Å²) in [5, 5.41) is 8.78. The van der Waals surface area contributed by atoms with Crippen LogP contribution in [0.15, 0.2) is 18.2 Å². The number of hydrogen-bond acceptors (Lipinski definition) is 2. The summed E-state index contributed by atoms with van der Waals surface area (Å²) in [5.41, 5.74) is 3.04. The van der Waals surface area contributed by atoms with Crippen molar-refractivity contribution in [2.45, 2.75) is 31.5 Å². The Balaban J connectivity index is 3.30. The van der Waals surface area contributed by atoms with Gasteiger partial charge in [0.15, 0.2) is 0 Å². The Bertz CT molecular complexity index is 434. The maximum atomic E-state index is 11.4. The molecule has 1 atom stereocenters. The maximum Gasteiger partial charge on any atom is 0.147 e. The van der Waals surface area contributed by atoms with E-state index in [1.807, 2.05) is 18.2 Å². The van der Waals surface area contributed by atoms with Gasteiger partial charge in [-0.3, -0.25) is 4.79 Å². The van der Waals surface area contributed by atoms with Gasteiger partial charge >= 0.3 is 0 Å². The van der Waals surface area contributed by atoms with Gasteiger partial charge in [-0.15, -0.1) is 0 Å². The summed E-state index contributed by atoms with van der Waals surface area (Å²) in [5.74, 6) is 0.0695. The van der Waals surface area contributed by atoms with E-state index in [0.717, 1.165) is 23.1 Å². The van der Waals surface area contributed by atoms with Crippen molar-refractivity contribution >= 4 is 21.7 Å². The molecule has 1 aromatic rings. The minimum atomic E-state index is -0.299. The zero-order valence-electron chi connectivity index (χ0n) is 9.46. The Hall–Kier alpha value is -1.14. The first kappa shape index (κ1) is 12.9. The van der Waals surface area contributed by atoms with Crippen molar-refractivity contribution in [3.8, 4) is 6.07 Å². The molecule has 0 fully saturated rings. The smallest absolute Gasteiger partial charge is 0.147 e. The SMILES string of the molecule is CCc1cccc(CC#N)c1C(Br)C(C)=O. The van der Waals surface area contributed by atoms with Crippen molar-refractivity contribution < 1.29 is 4.79 Å². The third-order valence-electron chi connectivity index (χ3n) is 2.55. The van der Waals surface area contributed by atoms with Gasteiger partial charge in [0.2, 0.25) is 0 Å². The Morgan fingerprint density at radius 2 is 2.12 bits per heavy atom. The first-order valence-corrected chi connectivity index (χ1v) is 6.15. The van der Waals surface area contributed by atoms with Crippen LogP contribution in [0.2, 0.25) is 0 Å². The number of carbonyl (C=O) groups excluding carboxylic acids is 1. The molecular formula is C13H14BrNO. The van der Waals surface area contributed by atoms with Crippen LogP contribution in [0.4, 0.5) is 0 Å². The van der Waals surface area contributed by atoms with Gasteiger partial charge in [0.25, 0.3) is 0 Å². The van der Waals surface area contributed by atoms with Crippen LogP contribution in [-0.2, 0) is 17.6 Å². The minimum Gasteiger partial charge on any atom is -0.298 e. The molecule has 0 N–H and O–H groups in total. The molecule has 0 heterocycles. The lowest BCUT2D eigenvalue weighted by Crippen LogP contribution is -2.08. The largest absolute Gasteiger partial charge is 0.298 e. The third kappa shape index (κ3) is 2.70. The monoisotopic (exact) mass is 279 g/mol. The van der Waals surface area contributed by atoms with E-state index in [4.69, 9.17) is 5.26 Å². The fourth-order valence-electron chi connectivity index (χ4n) is 1.74. The number of hydrogen-bond donors (Lipinski definition) is 0. The Morgan fingerprint density at radius 1 is 1.50 bits per heavy atom. The highest BCUT2D eigenvalue weighted by Gasteiger charge is 2.19. The predicted molar refractivity (Wildman–Crippen MR) is 67.5 cm³/mol. The molecule has 0 aliphatic heterocycles. The minimum absolute atomic E-state index is 0.0695. The van der Waals surface area contributed by atoms with Crippen molar-refractivity contribution in [2.75, 3.05) is 0 Å². The van der Waals surface area contributed by atoms with Crippen molar-refractivity contribution in [2.24, 2.45) is 0 Å². The van der Waals surface area contributed by atoms with E-state index < -0.39 is 0 Å². The van der Waals surface area contributed by atoms with Gasteiger partial charge in [0.1, 0.15) is 5.78 Å². The van der Waals surface area contributed by atoms with Gasteiger partial charge < -0.3 is 0 Å². The first-order chi connectivity index (χ1) is 7.61. The Kier molecular flexibility index (Phi) is 4.70. The van der Waals surface area contributed by atoms with E-state index in [-0.39, 0.29) is 10.6 Å². The van der Waals surface area contributed by atoms with Crippen LogP contribution in [0.25, 0.3) is 0 Å². The molecule has 84 valence electrons. The van der Waals surface area contributed by atoms with Crippen LogP contribution in [0.5, 0.6) is 0 Å². The molecule has 0 radical (unpaired) electrons. The summed E-state index contributed by atoms with van der Waals surface area (Å²) in [7, 11) is 0. The fraction of sp³-hybridized carbons (Fsp3) is 0.385. The summed E-state index contributed by atoms with van der Waals surface area (Å²) >= 11 is 3.40. The molecule has 16 heavy (non-hydrogen) atoms. The Labute approximate surface area is 104 Å². The zero-order chi connectivity index (χ0) is 12.1. The molecule has 0 aliphatic carbocycles. The lowest BCUT2D eigenvalue weighted by Gasteiger charge is -2.15. The molecule has 1 rings (SSSR count). The maximum absolute atomic E-state index is 11.4. The van der Waals surface area contributed by atoms with Gasteiger partial charge in [-0.05, 0) is 30.0 Å². The second kappa shape index (κ2) is 5.81. The topological polar surface area (TPSA) is 40.9 Å². The second-order valence-electron chi connectivity index (χ2n) is 3.65. The zero-order valence-corrected chi connectivity index (χ0v) is 11.0. The number of nitriles is 1. The molecule has 0 bridgehead atoms. The van der Waals surface area contributed by atoms with Gasteiger partial charge in [-0.1, -0.05) is 41.1 Å². The van der Waals surface area contributed by atoms with Gasteiger partial charge in [-0.2, -0.15) is 5.26 Å². The fourth-order valence-corrected chi connectivity index (χ4v) is 2.33. The molecule has 3 heteroatoms. The molecule has 1 unspecified atom stereocenters. The van der Waals surface area contributed by atoms with Crippen LogP contribution >= 0.6 is 15.9 Å². The van der Waals surface area contributed by atoms with Crippen molar-refractivity contribution in [3.05, 3.63) is 34.9 Å². The van der Waals surface area contributed by atoms with Gasteiger partial charge in [0.05, 0.1) is 17.3 Å². The highest BCUT2D eigenvalue weighted by atomic mass is 79.9. The molecule has 0 saturated heterocycles. The van der Waals surface area contributed by atoms with E-state index in [0.29, 0.717) is 6.42 Å². The molecule has 0 aromatic heterocycles. The molecule has 0 amide bonds. The van der Waals surface area contributed by atoms with Crippen LogP contribution in [0.3, 0.4) is 0 Å². The lowest BCUT2D eigenvalue weighted by molar-refractivity contribution is -0.116. The number of aryl methyl sites for hydroxylation is 1. The number of alkyl halides is 1. The quantitative estimate of drug-likeness (QED) is 0.794. The van der Waals surface area contributed by atoms with E-state index in [1.165, 1.54) is 0 Å². The standard InChI is InChI=1S/C13H14BrNO/c1-3-10-5-4-6-11(7-8-15)12(10)13(14)9(2)16/h4-6,13H,3,7H2,1-2H3. The molecule has 0 saturated carbocycles. The average molecular weight is 280 g/mol. The van der Waals surface area contributed by atoms with E-state index in [9.17, 15) is 4.79 Å². The Morgan fingerprint density at radius 3 is 2.62 bits per heavy atom. The number of halogens is 1. The number of benzene rings is 1. The number of rotatable bonds is 4. The summed E-state index contributed by atoms with van der Waals surface area (Å²) in [4.78, 5) is 11.1. The van der Waals surface area contributed by atoms with Crippen LogP contribution in [-0.4, -0.2) is 5.78 Å². The van der Waals surface area contributed by atoms with Crippen LogP contribution < -0.4 is 0 Å². The van der Waals surface area contributed by atoms with Crippen LogP contribution in [0, 0.1) is 11.3 Å². The van der Waals surface area contributed by atoms with Crippen LogP contribution in [0.1, 0.15) is 35.4 Å². The summed E-state index contributed by atoms with van der Waals surface area (Å²) in [6.45, 7) is 3.61. The normalized spacial score (nSPS) is 11.9. The van der Waals surface area contributed by atoms with Gasteiger partial charge in [0, 0.05) is 0 Å². The van der Waals surface area contributed by atoms with Crippen molar-refractivity contribution in [1.82, 2.24) is 0 Å². The summed E-state index contributed by atoms with van der Waals surface area (Å²) in [6, 6.07) is 8.00. The number of ketones is 1. The average Bonchev–Trinajstić information content (AvgIpc) is 2.28. The number of nitrogens with zero attached hydrogens (tertiary/aromatic N) is 1. The second-order valence-corrected chi connectivity index (χ2v) is 4.57. The van der Waals surface area contributed by atoms with Crippen molar-refractivity contribution in [1.29, 1.82) is 5.26 Å². The first-order valence-electron chi connectivity index (χ1n) is 5.24. The third-order valence-corrected chi connectivity index (χ3v) is 3.65. The predicted octanol–water partition coefficient (Wildman–Crippen LogP) is 3.34. The van der Waals surface area contributed by atoms with E-state index >= 15 is 0 Å². The van der Waals surface area contributed by atoms with E-state index in [1.54, 1.807) is 6.92 Å². The molecule has 2 nitrogen and oxygen atoms in total. The highest BCUT2D eigenvalue weighted by Crippen LogP contribution is 2.30.